The second-order valence-corrected chi connectivity index (χ2v) is 12.7. The van der Waals surface area contributed by atoms with E-state index < -0.39 is 12.4 Å². The molecule has 2 unspecified atom stereocenters. The Kier molecular flexibility index (Phi) is 10.7. The number of benzene rings is 6. The average molecular weight is 685 g/mol. The minimum atomic E-state index is -1.26. The van der Waals surface area contributed by atoms with Crippen molar-refractivity contribution in [1.29, 1.82) is 0 Å². The van der Waals surface area contributed by atoms with Crippen LogP contribution in [0.3, 0.4) is 0 Å². The zero-order valence-corrected chi connectivity index (χ0v) is 29.0. The summed E-state index contributed by atoms with van der Waals surface area (Å²) in [6.07, 6.45) is -0.649. The molecule has 2 atom stereocenters. The summed E-state index contributed by atoms with van der Waals surface area (Å²) in [4.78, 5) is 23.7. The minimum absolute atomic E-state index is 0.0125. The maximum atomic E-state index is 11.8. The van der Waals surface area contributed by atoms with E-state index in [9.17, 15) is 19.8 Å². The van der Waals surface area contributed by atoms with Gasteiger partial charge in [-0.25, -0.2) is 0 Å². The van der Waals surface area contributed by atoms with E-state index in [-0.39, 0.29) is 19.8 Å². The Bertz CT molecular complexity index is 2180. The molecule has 0 bridgehead atoms. The zero-order chi connectivity index (χ0) is 36.1. The largest absolute Gasteiger partial charge is 0.490 e. The summed E-state index contributed by atoms with van der Waals surface area (Å²) in [7, 11) is 0. The third-order valence-electron chi connectivity index (χ3n) is 8.84. The molecule has 0 aliphatic heterocycles. The highest BCUT2D eigenvalue weighted by Gasteiger charge is 2.18. The summed E-state index contributed by atoms with van der Waals surface area (Å²) in [6.45, 7) is 7.57. The van der Waals surface area contributed by atoms with E-state index in [0.717, 1.165) is 67.5 Å². The molecule has 0 heterocycles. The van der Waals surface area contributed by atoms with Crippen molar-refractivity contribution in [3.63, 3.8) is 0 Å². The first-order valence-corrected chi connectivity index (χ1v) is 16.7. The highest BCUT2D eigenvalue weighted by Crippen LogP contribution is 2.35. The van der Waals surface area contributed by atoms with E-state index in [2.05, 4.69) is 0 Å². The smallest absolute Gasteiger partial charge is 0.231 e. The Morgan fingerprint density at radius 3 is 1.47 bits per heavy atom. The third-order valence-corrected chi connectivity index (χ3v) is 8.84. The van der Waals surface area contributed by atoms with Gasteiger partial charge in [-0.2, -0.15) is 0 Å². The van der Waals surface area contributed by atoms with Crippen molar-refractivity contribution in [1.82, 2.24) is 0 Å². The van der Waals surface area contributed by atoms with Crippen LogP contribution in [0.25, 0.3) is 32.7 Å². The van der Waals surface area contributed by atoms with E-state index in [1.165, 1.54) is 0 Å². The van der Waals surface area contributed by atoms with Gasteiger partial charge in [0.1, 0.15) is 42.3 Å². The minimum Gasteiger partial charge on any atom is -0.490 e. The fourth-order valence-electron chi connectivity index (χ4n) is 6.44. The fraction of sp³-hybridized carbons (Fsp3) is 0.209. The van der Waals surface area contributed by atoms with Gasteiger partial charge in [-0.15, -0.1) is 0 Å². The van der Waals surface area contributed by atoms with E-state index in [0.29, 0.717) is 34.1 Å². The molecule has 0 saturated heterocycles. The number of hydrogen-bond acceptors (Lipinski definition) is 8. The molecule has 0 spiro atoms. The number of carbonyl (C=O) groups excluding carboxylic acids is 2. The molecular weight excluding hydrogens is 644 g/mol. The van der Waals surface area contributed by atoms with Gasteiger partial charge in [0.25, 0.3) is 0 Å². The Hall–Kier alpha value is -5.70. The first-order chi connectivity index (χ1) is 24.7. The van der Waals surface area contributed by atoms with Crippen LogP contribution in [0.15, 0.2) is 97.1 Å². The van der Waals surface area contributed by atoms with Crippen LogP contribution < -0.4 is 18.9 Å². The number of hydrogen-bond donors (Lipinski definition) is 2. The molecule has 0 fully saturated rings. The van der Waals surface area contributed by atoms with Crippen LogP contribution in [0, 0.1) is 27.7 Å². The zero-order valence-electron chi connectivity index (χ0n) is 29.0. The predicted molar refractivity (Wildman–Crippen MR) is 199 cm³/mol. The molecule has 0 amide bonds. The first kappa shape index (κ1) is 35.1. The van der Waals surface area contributed by atoms with E-state index in [1.807, 2.05) is 113 Å². The summed E-state index contributed by atoms with van der Waals surface area (Å²) in [5, 5.41) is 24.9. The van der Waals surface area contributed by atoms with Crippen molar-refractivity contribution >= 4 is 34.1 Å². The van der Waals surface area contributed by atoms with Crippen LogP contribution >= 0.6 is 0 Å². The molecule has 51 heavy (non-hydrogen) atoms. The molecule has 0 aliphatic rings. The lowest BCUT2D eigenvalue weighted by Gasteiger charge is -2.20. The molecule has 0 saturated carbocycles. The summed E-state index contributed by atoms with van der Waals surface area (Å²) >= 11 is 0. The Morgan fingerprint density at radius 1 is 0.549 bits per heavy atom. The normalized spacial score (nSPS) is 12.4. The highest BCUT2D eigenvalue weighted by molar-refractivity contribution is 6.01. The van der Waals surface area contributed by atoms with Gasteiger partial charge in [-0.1, -0.05) is 60.7 Å². The summed E-state index contributed by atoms with van der Waals surface area (Å²) < 4.78 is 23.6. The number of aliphatic hydroxyl groups excluding tert-OH is 2. The molecular formula is C43H40O8. The quantitative estimate of drug-likeness (QED) is 0.0875. The lowest BCUT2D eigenvalue weighted by atomic mass is 9.96. The molecule has 2 N–H and O–H groups in total. The Balaban J connectivity index is 1.08. The number of aryl methyl sites for hydroxylation is 4. The molecule has 0 radical (unpaired) electrons. The van der Waals surface area contributed by atoms with Crippen molar-refractivity contribution in [2.45, 2.75) is 40.1 Å². The molecule has 6 rings (SSSR count). The van der Waals surface area contributed by atoms with Crippen molar-refractivity contribution in [2.24, 2.45) is 0 Å². The maximum absolute atomic E-state index is 11.8. The van der Waals surface area contributed by atoms with Crippen molar-refractivity contribution in [3.05, 3.63) is 130 Å². The van der Waals surface area contributed by atoms with Gasteiger partial charge in [0.2, 0.25) is 6.29 Å². The standard InChI is InChI=1S/C43H40O8/c1-26-17-32(18-27(2)42(26)50-24-34(46)23-48-39-15-13-30-9-5-7-11-35(30)37(39)21-44)33-19-28(3)43(29(4)20-33)51-41(47)25-49-40-16-14-31-10-6-8-12-36(31)38(40)22-45/h5-22,34,41,46-47H,23-25H2,1-4H3. The average Bonchev–Trinajstić information content (AvgIpc) is 3.13. The molecule has 8 nitrogen and oxygen atoms in total. The number of fused-ring (bicyclic) bond motifs is 2. The van der Waals surface area contributed by atoms with Crippen LogP contribution in [0.4, 0.5) is 0 Å². The van der Waals surface area contributed by atoms with Crippen LogP contribution in [-0.2, 0) is 0 Å². The lowest BCUT2D eigenvalue weighted by molar-refractivity contribution is -0.0487. The number of rotatable bonds is 14. The van der Waals surface area contributed by atoms with Gasteiger partial charge in [0.15, 0.2) is 19.2 Å². The van der Waals surface area contributed by atoms with Gasteiger partial charge >= 0.3 is 0 Å². The molecule has 6 aromatic rings. The number of aldehydes is 2. The first-order valence-electron chi connectivity index (χ1n) is 16.7. The fourth-order valence-corrected chi connectivity index (χ4v) is 6.44. The lowest BCUT2D eigenvalue weighted by Crippen LogP contribution is -2.25. The van der Waals surface area contributed by atoms with Crippen molar-refractivity contribution in [2.75, 3.05) is 19.8 Å². The summed E-state index contributed by atoms with van der Waals surface area (Å²) in [5.74, 6) is 2.03. The van der Waals surface area contributed by atoms with Crippen LogP contribution in [0.2, 0.25) is 0 Å². The van der Waals surface area contributed by atoms with E-state index >= 15 is 0 Å². The predicted octanol–water partition coefficient (Wildman–Crippen LogP) is 8.11. The molecule has 0 aliphatic carbocycles. The molecule has 0 aromatic heterocycles. The third kappa shape index (κ3) is 7.72. The highest BCUT2D eigenvalue weighted by atomic mass is 16.6. The van der Waals surface area contributed by atoms with Crippen molar-refractivity contribution < 1.29 is 38.7 Å². The van der Waals surface area contributed by atoms with Crippen LogP contribution in [-0.4, -0.2) is 55.0 Å². The SMILES string of the molecule is Cc1cc(-c2cc(C)c(OC(O)COc3ccc4ccccc4c3C=O)c(C)c2)cc(C)c1OCC(O)COc1ccc2ccccc2c1C=O. The topological polar surface area (TPSA) is 112 Å². The van der Waals surface area contributed by atoms with Crippen LogP contribution in [0.5, 0.6) is 23.0 Å². The van der Waals surface area contributed by atoms with Gasteiger partial charge in [-0.05, 0) is 119 Å². The summed E-state index contributed by atoms with van der Waals surface area (Å²) in [5.41, 5.74) is 6.32. The van der Waals surface area contributed by atoms with Crippen molar-refractivity contribution in [3.8, 4) is 34.1 Å². The van der Waals surface area contributed by atoms with Crippen LogP contribution in [0.1, 0.15) is 43.0 Å². The monoisotopic (exact) mass is 684 g/mol. The van der Waals surface area contributed by atoms with Gasteiger partial charge < -0.3 is 29.2 Å². The second-order valence-electron chi connectivity index (χ2n) is 12.7. The van der Waals surface area contributed by atoms with E-state index in [1.54, 1.807) is 12.1 Å². The second kappa shape index (κ2) is 15.5. The molecule has 8 heteroatoms. The van der Waals surface area contributed by atoms with Gasteiger partial charge in [-0.3, -0.25) is 9.59 Å². The van der Waals surface area contributed by atoms with E-state index in [4.69, 9.17) is 18.9 Å². The van der Waals surface area contributed by atoms with Gasteiger partial charge in [0, 0.05) is 0 Å². The molecule has 260 valence electrons. The number of ether oxygens (including phenoxy) is 4. The maximum Gasteiger partial charge on any atom is 0.231 e. The Morgan fingerprint density at radius 2 is 0.980 bits per heavy atom. The Labute approximate surface area is 296 Å². The number of aliphatic hydroxyl groups is 2. The van der Waals surface area contributed by atoms with Gasteiger partial charge in [0.05, 0.1) is 11.1 Å². The molecule has 6 aromatic carbocycles. The summed E-state index contributed by atoms with van der Waals surface area (Å²) in [6, 6.07) is 30.4. The number of carbonyl (C=O) groups is 2.